The van der Waals surface area contributed by atoms with E-state index in [0.29, 0.717) is 42.3 Å². The lowest BCUT2D eigenvalue weighted by atomic mass is 9.78. The molecular formula is C27H29N3O6. The van der Waals surface area contributed by atoms with Gasteiger partial charge in [-0.1, -0.05) is 36.2 Å². The lowest BCUT2D eigenvalue weighted by molar-refractivity contribution is -0.156. The number of ether oxygens (including phenoxy) is 3. The second-order valence-corrected chi connectivity index (χ2v) is 9.06. The van der Waals surface area contributed by atoms with E-state index in [2.05, 4.69) is 16.2 Å². The van der Waals surface area contributed by atoms with Crippen LogP contribution in [0.5, 0.6) is 11.5 Å². The van der Waals surface area contributed by atoms with E-state index in [-0.39, 0.29) is 24.3 Å². The summed E-state index contributed by atoms with van der Waals surface area (Å²) in [5.74, 6) is 0.409. The van der Waals surface area contributed by atoms with Gasteiger partial charge < -0.3 is 23.6 Å². The first-order chi connectivity index (χ1) is 17.6. The summed E-state index contributed by atoms with van der Waals surface area (Å²) in [6.45, 7) is 0.500. The van der Waals surface area contributed by atoms with Crippen LogP contribution in [0.2, 0.25) is 0 Å². The molecule has 1 fully saturated rings. The molecule has 36 heavy (non-hydrogen) atoms. The van der Waals surface area contributed by atoms with Crippen LogP contribution in [0.1, 0.15) is 37.1 Å². The predicted molar refractivity (Wildman–Crippen MR) is 131 cm³/mol. The van der Waals surface area contributed by atoms with Gasteiger partial charge in [0.05, 0.1) is 26.1 Å². The number of esters is 1. The van der Waals surface area contributed by atoms with Gasteiger partial charge in [-0.3, -0.25) is 9.59 Å². The van der Waals surface area contributed by atoms with Crippen molar-refractivity contribution in [2.45, 2.75) is 38.7 Å². The molecule has 0 spiro atoms. The molecule has 3 aromatic rings. The van der Waals surface area contributed by atoms with Crippen molar-refractivity contribution in [1.82, 2.24) is 10.1 Å². The number of hydrogen-bond donors (Lipinski definition) is 0. The van der Waals surface area contributed by atoms with Crippen LogP contribution < -0.4 is 14.4 Å². The second kappa shape index (κ2) is 10.4. The van der Waals surface area contributed by atoms with E-state index in [4.69, 9.17) is 18.7 Å². The largest absolute Gasteiger partial charge is 0.493 e. The highest BCUT2D eigenvalue weighted by Gasteiger charge is 2.40. The third-order valence-corrected chi connectivity index (χ3v) is 6.99. The fourth-order valence-corrected chi connectivity index (χ4v) is 5.12. The molecule has 2 atom stereocenters. The van der Waals surface area contributed by atoms with Crippen molar-refractivity contribution < 1.29 is 28.3 Å². The van der Waals surface area contributed by atoms with Crippen LogP contribution in [0, 0.1) is 11.8 Å². The fourth-order valence-electron chi connectivity index (χ4n) is 5.12. The maximum Gasteiger partial charge on any atom is 0.310 e. The van der Waals surface area contributed by atoms with Gasteiger partial charge in [0, 0.05) is 17.8 Å². The van der Waals surface area contributed by atoms with E-state index in [1.54, 1.807) is 32.4 Å². The monoisotopic (exact) mass is 491 g/mol. The molecule has 1 aromatic heterocycles. The molecule has 2 aliphatic rings. The van der Waals surface area contributed by atoms with Gasteiger partial charge in [0.1, 0.15) is 0 Å². The van der Waals surface area contributed by atoms with Crippen molar-refractivity contribution >= 4 is 17.6 Å². The minimum atomic E-state index is -0.479. The first-order valence-corrected chi connectivity index (χ1v) is 12.2. The molecule has 188 valence electrons. The number of amides is 1. The van der Waals surface area contributed by atoms with Crippen molar-refractivity contribution in [3.05, 3.63) is 53.9 Å². The average Bonchev–Trinajstić information content (AvgIpc) is 3.58. The third kappa shape index (κ3) is 4.65. The molecule has 1 aliphatic heterocycles. The molecule has 9 heteroatoms. The van der Waals surface area contributed by atoms with Crippen LogP contribution in [-0.2, 0) is 27.4 Å². The predicted octanol–water partition coefficient (Wildman–Crippen LogP) is 4.19. The Labute approximate surface area is 209 Å². The first kappa shape index (κ1) is 23.8. The quantitative estimate of drug-likeness (QED) is 0.453. The van der Waals surface area contributed by atoms with Gasteiger partial charge in [-0.15, -0.1) is 0 Å². The number of rotatable bonds is 7. The molecule has 2 aromatic carbocycles. The smallest absolute Gasteiger partial charge is 0.310 e. The Kier molecular flexibility index (Phi) is 6.88. The maximum absolute atomic E-state index is 13.5. The number of anilines is 1. The van der Waals surface area contributed by atoms with Crippen molar-refractivity contribution in [1.29, 1.82) is 0 Å². The van der Waals surface area contributed by atoms with Gasteiger partial charge in [-0.05, 0) is 49.1 Å². The molecule has 1 amide bonds. The molecule has 9 nitrogen and oxygen atoms in total. The molecule has 2 heterocycles. The number of benzene rings is 2. The van der Waals surface area contributed by atoms with E-state index >= 15 is 0 Å². The highest BCUT2D eigenvalue weighted by atomic mass is 16.6. The molecule has 0 N–H and O–H groups in total. The molecule has 1 saturated carbocycles. The maximum atomic E-state index is 13.5. The molecule has 1 aliphatic carbocycles. The van der Waals surface area contributed by atoms with Crippen molar-refractivity contribution in [2.24, 2.45) is 11.8 Å². The summed E-state index contributed by atoms with van der Waals surface area (Å²) < 4.78 is 21.4. The zero-order chi connectivity index (χ0) is 25.1. The minimum Gasteiger partial charge on any atom is -0.493 e. The molecular weight excluding hydrogens is 462 g/mol. The average molecular weight is 492 g/mol. The van der Waals surface area contributed by atoms with Crippen LogP contribution in [0.15, 0.2) is 47.0 Å². The Morgan fingerprint density at radius 2 is 1.81 bits per heavy atom. The SMILES string of the molecule is COc1ccc(-c2noc(COC(=O)[C@@H]3CCCC[C@@H]3C(=O)N3CCc4ccccc43)n2)cc1OC. The second-order valence-electron chi connectivity index (χ2n) is 9.06. The van der Waals surface area contributed by atoms with Crippen LogP contribution in [0.25, 0.3) is 11.4 Å². The number of carbonyl (C=O) groups is 2. The highest BCUT2D eigenvalue weighted by molar-refractivity contribution is 5.99. The van der Waals surface area contributed by atoms with Crippen LogP contribution >= 0.6 is 0 Å². The summed E-state index contributed by atoms with van der Waals surface area (Å²) in [4.78, 5) is 32.7. The Bertz CT molecular complexity index is 1260. The zero-order valence-electron chi connectivity index (χ0n) is 20.4. The van der Waals surface area contributed by atoms with Gasteiger partial charge in [0.15, 0.2) is 18.1 Å². The van der Waals surface area contributed by atoms with E-state index < -0.39 is 11.9 Å². The molecule has 0 saturated heterocycles. The number of carbonyl (C=O) groups excluding carboxylic acids is 2. The number of nitrogens with zero attached hydrogens (tertiary/aromatic N) is 3. The molecule has 0 radical (unpaired) electrons. The van der Waals surface area contributed by atoms with Gasteiger partial charge in [0.25, 0.3) is 5.89 Å². The normalized spacial score (nSPS) is 19.0. The number of para-hydroxylation sites is 1. The summed E-state index contributed by atoms with van der Waals surface area (Å²) in [5, 5.41) is 3.99. The van der Waals surface area contributed by atoms with Crippen molar-refractivity contribution in [3.63, 3.8) is 0 Å². The Morgan fingerprint density at radius 1 is 1.03 bits per heavy atom. The Hall–Kier alpha value is -3.88. The van der Waals surface area contributed by atoms with Gasteiger partial charge in [-0.2, -0.15) is 4.98 Å². The highest BCUT2D eigenvalue weighted by Crippen LogP contribution is 2.36. The van der Waals surface area contributed by atoms with Crippen molar-refractivity contribution in [2.75, 3.05) is 25.7 Å². The van der Waals surface area contributed by atoms with Crippen LogP contribution in [0.3, 0.4) is 0 Å². The molecule has 5 rings (SSSR count). The summed E-state index contributed by atoms with van der Waals surface area (Å²) in [6.07, 6.45) is 3.97. The minimum absolute atomic E-state index is 0.00938. The summed E-state index contributed by atoms with van der Waals surface area (Å²) in [7, 11) is 3.11. The number of hydrogen-bond acceptors (Lipinski definition) is 8. The van der Waals surface area contributed by atoms with Gasteiger partial charge in [-0.25, -0.2) is 0 Å². The molecule has 0 bridgehead atoms. The summed E-state index contributed by atoms with van der Waals surface area (Å²) in [6, 6.07) is 13.2. The lowest BCUT2D eigenvalue weighted by Gasteiger charge is -2.32. The standard InChI is InChI=1S/C27H29N3O6/c1-33-22-12-11-18(15-23(22)34-2)25-28-24(36-29-25)16-35-27(32)20-9-5-4-8-19(20)26(31)30-14-13-17-7-3-6-10-21(17)30/h3,6-7,10-12,15,19-20H,4-5,8-9,13-14,16H2,1-2H3/t19-,20+/m0/s1. The number of methoxy groups -OCH3 is 2. The van der Waals surface area contributed by atoms with Crippen LogP contribution in [-0.4, -0.2) is 42.8 Å². The van der Waals surface area contributed by atoms with Gasteiger partial charge in [0.2, 0.25) is 11.7 Å². The topological polar surface area (TPSA) is 104 Å². The first-order valence-electron chi connectivity index (χ1n) is 12.2. The third-order valence-electron chi connectivity index (χ3n) is 6.99. The zero-order valence-corrected chi connectivity index (χ0v) is 20.4. The van der Waals surface area contributed by atoms with E-state index in [9.17, 15) is 9.59 Å². The number of fused-ring (bicyclic) bond motifs is 1. The van der Waals surface area contributed by atoms with E-state index in [1.807, 2.05) is 23.1 Å². The van der Waals surface area contributed by atoms with Gasteiger partial charge >= 0.3 is 5.97 Å². The Balaban J connectivity index is 1.24. The van der Waals surface area contributed by atoms with Crippen molar-refractivity contribution in [3.8, 4) is 22.9 Å². The number of aromatic nitrogens is 2. The fraction of sp³-hybridized carbons (Fsp3) is 0.407. The van der Waals surface area contributed by atoms with Crippen LogP contribution in [0.4, 0.5) is 5.69 Å². The molecule has 0 unspecified atom stereocenters. The summed E-state index contributed by atoms with van der Waals surface area (Å²) >= 11 is 0. The Morgan fingerprint density at radius 3 is 2.61 bits per heavy atom. The lowest BCUT2D eigenvalue weighted by Crippen LogP contribution is -2.42. The van der Waals surface area contributed by atoms with E-state index in [1.165, 1.54) is 5.56 Å². The summed E-state index contributed by atoms with van der Waals surface area (Å²) in [5.41, 5.74) is 2.80. The van der Waals surface area contributed by atoms with E-state index in [0.717, 1.165) is 24.9 Å².